The van der Waals surface area contributed by atoms with Gasteiger partial charge in [0, 0.05) is 10.1 Å². The number of thiazole rings is 1. The highest BCUT2D eigenvalue weighted by atomic mass is 32.1. The number of nitrogens with two attached hydrogens (primary N) is 1. The van der Waals surface area contributed by atoms with Gasteiger partial charge in [-0.2, -0.15) is 5.10 Å². The van der Waals surface area contributed by atoms with E-state index in [1.165, 1.54) is 15.0 Å². The highest BCUT2D eigenvalue weighted by Crippen LogP contribution is 2.36. The quantitative estimate of drug-likeness (QED) is 0.588. The van der Waals surface area contributed by atoms with Gasteiger partial charge in [0.2, 0.25) is 0 Å². The molecular formula is C14H10N4S2. The number of rotatable bonds is 2. The minimum atomic E-state index is 0.558. The number of nitrogens with zero attached hydrogens (tertiary/aromatic N) is 2. The largest absolute Gasteiger partial charge is 0.383 e. The lowest BCUT2D eigenvalue weighted by Gasteiger charge is -1.91. The monoisotopic (exact) mass is 298 g/mol. The van der Waals surface area contributed by atoms with Crippen molar-refractivity contribution >= 4 is 38.6 Å². The zero-order valence-electron chi connectivity index (χ0n) is 10.3. The number of anilines is 1. The molecule has 3 N–H and O–H groups in total. The molecule has 3 aromatic heterocycles. The zero-order chi connectivity index (χ0) is 13.5. The molecular weight excluding hydrogens is 288 g/mol. The third-order valence-corrected chi connectivity index (χ3v) is 5.10. The van der Waals surface area contributed by atoms with E-state index >= 15 is 0 Å². The van der Waals surface area contributed by atoms with Crippen molar-refractivity contribution in [2.24, 2.45) is 0 Å². The van der Waals surface area contributed by atoms with E-state index in [4.69, 9.17) is 5.73 Å². The first-order chi connectivity index (χ1) is 9.81. The molecule has 98 valence electrons. The van der Waals surface area contributed by atoms with Crippen LogP contribution in [0.2, 0.25) is 0 Å². The van der Waals surface area contributed by atoms with Crippen LogP contribution < -0.4 is 5.73 Å². The standard InChI is InChI=1S/C14H10N4S2/c15-13-9(6-16-18-13)14-17-10(7-19-14)12-5-8-3-1-2-4-11(8)20-12/h1-7H,(H3,15,16,18). The van der Waals surface area contributed by atoms with Crippen molar-refractivity contribution in [3.63, 3.8) is 0 Å². The Bertz CT molecular complexity index is 854. The molecule has 3 heterocycles. The van der Waals surface area contributed by atoms with Gasteiger partial charge in [-0.3, -0.25) is 5.10 Å². The fourth-order valence-corrected chi connectivity index (χ4v) is 4.03. The Labute approximate surface area is 122 Å². The predicted octanol–water partition coefficient (Wildman–Crippen LogP) is 4.00. The Balaban J connectivity index is 1.80. The summed E-state index contributed by atoms with van der Waals surface area (Å²) in [5, 5.41) is 10.9. The summed E-state index contributed by atoms with van der Waals surface area (Å²) in [7, 11) is 0. The van der Waals surface area contributed by atoms with Crippen molar-refractivity contribution in [3.05, 3.63) is 41.9 Å². The van der Waals surface area contributed by atoms with Crippen molar-refractivity contribution in [1.82, 2.24) is 15.2 Å². The van der Waals surface area contributed by atoms with E-state index in [2.05, 4.69) is 50.9 Å². The number of hydrogen-bond donors (Lipinski definition) is 2. The van der Waals surface area contributed by atoms with Gasteiger partial charge in [-0.1, -0.05) is 18.2 Å². The number of thiophene rings is 1. The Morgan fingerprint density at radius 1 is 1.20 bits per heavy atom. The molecule has 6 heteroatoms. The first kappa shape index (κ1) is 11.6. The number of nitrogen functional groups attached to an aromatic ring is 1. The zero-order valence-corrected chi connectivity index (χ0v) is 12.0. The fourth-order valence-electron chi connectivity index (χ4n) is 2.09. The normalized spacial score (nSPS) is 11.2. The van der Waals surface area contributed by atoms with Crippen molar-refractivity contribution in [3.8, 4) is 21.1 Å². The number of benzene rings is 1. The molecule has 0 amide bonds. The minimum absolute atomic E-state index is 0.558. The smallest absolute Gasteiger partial charge is 0.129 e. The molecule has 0 spiro atoms. The second-order valence-corrected chi connectivity index (χ2v) is 6.33. The van der Waals surface area contributed by atoms with Crippen LogP contribution in [0.5, 0.6) is 0 Å². The van der Waals surface area contributed by atoms with Gasteiger partial charge in [0.15, 0.2) is 0 Å². The molecule has 4 aromatic rings. The molecule has 1 aromatic carbocycles. The summed E-state index contributed by atoms with van der Waals surface area (Å²) in [6.07, 6.45) is 1.71. The topological polar surface area (TPSA) is 67.6 Å². The lowest BCUT2D eigenvalue weighted by atomic mass is 10.2. The van der Waals surface area contributed by atoms with Crippen LogP contribution in [-0.2, 0) is 0 Å². The predicted molar refractivity (Wildman–Crippen MR) is 84.9 cm³/mol. The summed E-state index contributed by atoms with van der Waals surface area (Å²) in [5.74, 6) is 0.558. The Hall–Kier alpha value is -2.18. The molecule has 0 aliphatic carbocycles. The lowest BCUT2D eigenvalue weighted by Crippen LogP contribution is -1.86. The maximum absolute atomic E-state index is 5.83. The number of aromatic amines is 1. The van der Waals surface area contributed by atoms with Crippen LogP contribution in [0.1, 0.15) is 0 Å². The Kier molecular flexibility index (Phi) is 2.58. The van der Waals surface area contributed by atoms with E-state index in [-0.39, 0.29) is 0 Å². The first-order valence-electron chi connectivity index (χ1n) is 6.05. The molecule has 4 rings (SSSR count). The number of hydrogen-bond acceptors (Lipinski definition) is 5. The number of aromatic nitrogens is 3. The molecule has 0 unspecified atom stereocenters. The maximum Gasteiger partial charge on any atom is 0.129 e. The minimum Gasteiger partial charge on any atom is -0.383 e. The van der Waals surface area contributed by atoms with Gasteiger partial charge in [0.25, 0.3) is 0 Å². The molecule has 20 heavy (non-hydrogen) atoms. The highest BCUT2D eigenvalue weighted by Gasteiger charge is 2.12. The number of nitrogens with one attached hydrogen (secondary N) is 1. The van der Waals surface area contributed by atoms with Crippen LogP contribution in [0.4, 0.5) is 5.82 Å². The van der Waals surface area contributed by atoms with Crippen molar-refractivity contribution in [2.45, 2.75) is 0 Å². The highest BCUT2D eigenvalue weighted by molar-refractivity contribution is 7.22. The van der Waals surface area contributed by atoms with E-state index in [9.17, 15) is 0 Å². The molecule has 0 saturated heterocycles. The third kappa shape index (κ3) is 1.81. The average Bonchev–Trinajstić information content (AvgIpc) is 3.15. The van der Waals surface area contributed by atoms with E-state index in [1.54, 1.807) is 28.9 Å². The second kappa shape index (κ2) is 4.43. The van der Waals surface area contributed by atoms with E-state index in [0.717, 1.165) is 16.3 Å². The lowest BCUT2D eigenvalue weighted by molar-refractivity contribution is 1.10. The van der Waals surface area contributed by atoms with Crippen LogP contribution >= 0.6 is 22.7 Å². The van der Waals surface area contributed by atoms with Gasteiger partial charge >= 0.3 is 0 Å². The van der Waals surface area contributed by atoms with Gasteiger partial charge in [0.1, 0.15) is 10.8 Å². The molecule has 0 bridgehead atoms. The molecule has 0 aliphatic heterocycles. The Morgan fingerprint density at radius 3 is 2.90 bits per heavy atom. The average molecular weight is 298 g/mol. The summed E-state index contributed by atoms with van der Waals surface area (Å²) in [6.45, 7) is 0. The van der Waals surface area contributed by atoms with Crippen molar-refractivity contribution in [2.75, 3.05) is 5.73 Å². The SMILES string of the molecule is Nc1[nH]ncc1-c1nc(-c2cc3ccccc3s2)cs1. The van der Waals surface area contributed by atoms with Crippen LogP contribution in [0, 0.1) is 0 Å². The molecule has 0 fully saturated rings. The van der Waals surface area contributed by atoms with E-state index in [0.29, 0.717) is 5.82 Å². The van der Waals surface area contributed by atoms with Gasteiger partial charge in [0.05, 0.1) is 22.3 Å². The molecule has 4 nitrogen and oxygen atoms in total. The first-order valence-corrected chi connectivity index (χ1v) is 7.74. The Morgan fingerprint density at radius 2 is 2.10 bits per heavy atom. The fraction of sp³-hybridized carbons (Fsp3) is 0. The van der Waals surface area contributed by atoms with Crippen LogP contribution in [0.15, 0.2) is 41.9 Å². The van der Waals surface area contributed by atoms with Gasteiger partial charge in [-0.15, -0.1) is 22.7 Å². The summed E-state index contributed by atoms with van der Waals surface area (Å²) in [5.41, 5.74) is 7.69. The molecule has 0 radical (unpaired) electrons. The third-order valence-electron chi connectivity index (χ3n) is 3.08. The van der Waals surface area contributed by atoms with Crippen molar-refractivity contribution < 1.29 is 0 Å². The summed E-state index contributed by atoms with van der Waals surface area (Å²) in [6, 6.07) is 10.5. The van der Waals surface area contributed by atoms with E-state index in [1.807, 2.05) is 0 Å². The number of H-pyrrole nitrogens is 1. The van der Waals surface area contributed by atoms with Gasteiger partial charge in [-0.05, 0) is 17.5 Å². The second-order valence-electron chi connectivity index (χ2n) is 4.38. The van der Waals surface area contributed by atoms with E-state index < -0.39 is 0 Å². The molecule has 0 atom stereocenters. The maximum atomic E-state index is 5.83. The van der Waals surface area contributed by atoms with Crippen LogP contribution in [0.3, 0.4) is 0 Å². The summed E-state index contributed by atoms with van der Waals surface area (Å²) < 4.78 is 1.28. The van der Waals surface area contributed by atoms with Crippen LogP contribution in [-0.4, -0.2) is 15.2 Å². The molecule has 0 saturated carbocycles. The van der Waals surface area contributed by atoms with Crippen LogP contribution in [0.25, 0.3) is 31.2 Å². The van der Waals surface area contributed by atoms with Gasteiger partial charge < -0.3 is 5.73 Å². The molecule has 0 aliphatic rings. The van der Waals surface area contributed by atoms with Gasteiger partial charge in [-0.25, -0.2) is 4.98 Å². The number of fused-ring (bicyclic) bond motifs is 1. The summed E-state index contributed by atoms with van der Waals surface area (Å²) >= 11 is 3.34. The van der Waals surface area contributed by atoms with Crippen molar-refractivity contribution in [1.29, 1.82) is 0 Å². The summed E-state index contributed by atoms with van der Waals surface area (Å²) in [4.78, 5) is 5.84.